The normalized spacial score (nSPS) is 18.9. The van der Waals surface area contributed by atoms with E-state index < -0.39 is 0 Å². The molecule has 1 aliphatic rings. The lowest BCUT2D eigenvalue weighted by atomic mass is 10.0. The molecule has 0 aliphatic carbocycles. The number of benzene rings is 1. The van der Waals surface area contributed by atoms with E-state index in [0.717, 1.165) is 36.4 Å². The van der Waals surface area contributed by atoms with Crippen molar-refractivity contribution in [3.8, 4) is 11.3 Å². The average molecular weight is 474 g/mol. The predicted molar refractivity (Wildman–Crippen MR) is 119 cm³/mol. The molecule has 2 atom stereocenters. The summed E-state index contributed by atoms with van der Waals surface area (Å²) in [7, 11) is 0. The van der Waals surface area contributed by atoms with Gasteiger partial charge in [0.25, 0.3) is 0 Å². The first-order valence-corrected chi connectivity index (χ1v) is 10.8. The number of furan rings is 1. The predicted octanol–water partition coefficient (Wildman–Crippen LogP) is 6.02. The Morgan fingerprint density at radius 2 is 2.10 bits per heavy atom. The highest BCUT2D eigenvalue weighted by Gasteiger charge is 2.41. The van der Waals surface area contributed by atoms with Crippen LogP contribution in [0.15, 0.2) is 63.6 Å². The summed E-state index contributed by atoms with van der Waals surface area (Å²) in [6.07, 6.45) is 3.89. The minimum Gasteiger partial charge on any atom is -0.459 e. The lowest BCUT2D eigenvalue weighted by Gasteiger charge is -2.25. The van der Waals surface area contributed by atoms with Crippen LogP contribution in [0.2, 0.25) is 0 Å². The van der Waals surface area contributed by atoms with E-state index in [2.05, 4.69) is 38.1 Å². The number of aromatic nitrogens is 1. The molecule has 7 heteroatoms. The van der Waals surface area contributed by atoms with Crippen molar-refractivity contribution < 1.29 is 8.81 Å². The van der Waals surface area contributed by atoms with Crippen LogP contribution in [0.4, 0.5) is 4.39 Å². The lowest BCUT2D eigenvalue weighted by molar-refractivity contribution is 0.271. The zero-order valence-corrected chi connectivity index (χ0v) is 18.3. The van der Waals surface area contributed by atoms with Gasteiger partial charge in [0.2, 0.25) is 0 Å². The monoisotopic (exact) mass is 473 g/mol. The molecule has 1 saturated heterocycles. The second-order valence-corrected chi connectivity index (χ2v) is 8.24. The number of nitrogens with one attached hydrogen (secondary N) is 1. The first kappa shape index (κ1) is 20.0. The molecule has 3 aromatic rings. The van der Waals surface area contributed by atoms with Crippen LogP contribution in [-0.2, 0) is 0 Å². The summed E-state index contributed by atoms with van der Waals surface area (Å²) in [6, 6.07) is 14.1. The summed E-state index contributed by atoms with van der Waals surface area (Å²) >= 11 is 9.07. The Hall–Kier alpha value is -2.25. The van der Waals surface area contributed by atoms with E-state index >= 15 is 0 Å². The average Bonchev–Trinajstić information content (AvgIpc) is 3.31. The SMILES string of the molecule is CCCCN1C(=S)N[C@@H](c2ccccn2)[C@H]1c1ccc(-c2ccc(F)cc2Br)o1. The number of hydrogen-bond donors (Lipinski definition) is 1. The topological polar surface area (TPSA) is 41.3 Å². The van der Waals surface area contributed by atoms with Gasteiger partial charge in [-0.25, -0.2) is 4.39 Å². The third-order valence-electron chi connectivity index (χ3n) is 5.07. The van der Waals surface area contributed by atoms with Gasteiger partial charge in [0.05, 0.1) is 11.7 Å². The minimum absolute atomic E-state index is 0.100. The van der Waals surface area contributed by atoms with Crippen LogP contribution in [0, 0.1) is 5.82 Å². The van der Waals surface area contributed by atoms with E-state index in [1.165, 1.54) is 12.1 Å². The molecule has 4 rings (SSSR count). The third-order valence-corrected chi connectivity index (χ3v) is 6.07. The van der Waals surface area contributed by atoms with Gasteiger partial charge in [-0.3, -0.25) is 4.98 Å². The number of nitrogens with zero attached hydrogens (tertiary/aromatic N) is 2. The number of halogens is 2. The van der Waals surface area contributed by atoms with Crippen LogP contribution in [0.1, 0.15) is 43.3 Å². The second-order valence-electron chi connectivity index (χ2n) is 7.00. The molecule has 0 amide bonds. The quantitative estimate of drug-likeness (QED) is 0.443. The van der Waals surface area contributed by atoms with Gasteiger partial charge in [0.15, 0.2) is 5.11 Å². The number of pyridine rings is 1. The van der Waals surface area contributed by atoms with Gasteiger partial charge in [-0.15, -0.1) is 0 Å². The van der Waals surface area contributed by atoms with Crippen molar-refractivity contribution in [3.05, 3.63) is 76.5 Å². The van der Waals surface area contributed by atoms with Gasteiger partial charge in [-0.05, 0) is 77.0 Å². The molecule has 3 heterocycles. The molecule has 1 N–H and O–H groups in total. The first-order chi connectivity index (χ1) is 14.1. The van der Waals surface area contributed by atoms with Crippen molar-refractivity contribution in [1.29, 1.82) is 0 Å². The standard InChI is InChI=1S/C22H21BrFN3OS/c1-2-3-12-27-21(20(26-22(27)29)17-6-4-5-11-25-17)19-10-9-18(28-19)15-8-7-14(24)13-16(15)23/h4-11,13,20-21H,2-3,12H2,1H3,(H,26,29)/t20-,21+/m0/s1. The Morgan fingerprint density at radius 3 is 2.83 bits per heavy atom. The van der Waals surface area contributed by atoms with E-state index in [0.29, 0.717) is 15.3 Å². The highest BCUT2D eigenvalue weighted by molar-refractivity contribution is 9.10. The fourth-order valence-electron chi connectivity index (χ4n) is 3.63. The summed E-state index contributed by atoms with van der Waals surface area (Å²) in [6.45, 7) is 3.00. The lowest BCUT2D eigenvalue weighted by Crippen LogP contribution is -2.30. The molecule has 4 nitrogen and oxygen atoms in total. The van der Waals surface area contributed by atoms with Crippen LogP contribution < -0.4 is 5.32 Å². The number of thiocarbonyl (C=S) groups is 1. The molecule has 1 aromatic carbocycles. The third kappa shape index (κ3) is 4.07. The van der Waals surface area contributed by atoms with Crippen molar-refractivity contribution in [2.75, 3.05) is 6.54 Å². The van der Waals surface area contributed by atoms with E-state index in [1.807, 2.05) is 30.3 Å². The fraction of sp³-hybridized carbons (Fsp3) is 0.273. The van der Waals surface area contributed by atoms with Gasteiger partial charge in [-0.2, -0.15) is 0 Å². The molecule has 150 valence electrons. The second kappa shape index (κ2) is 8.63. The zero-order valence-electron chi connectivity index (χ0n) is 15.9. The van der Waals surface area contributed by atoms with Crippen molar-refractivity contribution in [2.24, 2.45) is 0 Å². The van der Waals surface area contributed by atoms with Crippen molar-refractivity contribution in [3.63, 3.8) is 0 Å². The number of unbranched alkanes of at least 4 members (excludes halogenated alkanes) is 1. The van der Waals surface area contributed by atoms with Crippen LogP contribution >= 0.6 is 28.1 Å². The van der Waals surface area contributed by atoms with Crippen molar-refractivity contribution in [2.45, 2.75) is 31.8 Å². The Kier molecular flexibility index (Phi) is 5.96. The van der Waals surface area contributed by atoms with Crippen molar-refractivity contribution >= 4 is 33.3 Å². The van der Waals surface area contributed by atoms with Gasteiger partial charge in [0, 0.05) is 22.8 Å². The summed E-state index contributed by atoms with van der Waals surface area (Å²) in [5.74, 6) is 1.19. The fourth-order valence-corrected chi connectivity index (χ4v) is 4.51. The molecule has 1 aliphatic heterocycles. The van der Waals surface area contributed by atoms with Gasteiger partial charge in [-0.1, -0.05) is 19.4 Å². The largest absolute Gasteiger partial charge is 0.459 e. The summed E-state index contributed by atoms with van der Waals surface area (Å²) in [5, 5.41) is 4.13. The zero-order chi connectivity index (χ0) is 20.4. The maximum Gasteiger partial charge on any atom is 0.170 e. The van der Waals surface area contributed by atoms with Gasteiger partial charge in [0.1, 0.15) is 23.4 Å². The molecule has 0 spiro atoms. The van der Waals surface area contributed by atoms with E-state index in [-0.39, 0.29) is 17.9 Å². The van der Waals surface area contributed by atoms with E-state index in [9.17, 15) is 4.39 Å². The van der Waals surface area contributed by atoms with Crippen LogP contribution in [0.25, 0.3) is 11.3 Å². The van der Waals surface area contributed by atoms with Crippen LogP contribution in [0.3, 0.4) is 0 Å². The molecular weight excluding hydrogens is 453 g/mol. The molecule has 0 unspecified atom stereocenters. The van der Waals surface area contributed by atoms with E-state index in [4.69, 9.17) is 16.6 Å². The highest BCUT2D eigenvalue weighted by Crippen LogP contribution is 2.41. The highest BCUT2D eigenvalue weighted by atomic mass is 79.9. The molecular formula is C22H21BrFN3OS. The molecule has 0 bridgehead atoms. The Balaban J connectivity index is 1.72. The summed E-state index contributed by atoms with van der Waals surface area (Å²) < 4.78 is 20.4. The maximum absolute atomic E-state index is 13.5. The number of hydrogen-bond acceptors (Lipinski definition) is 3. The molecule has 1 fully saturated rings. The van der Waals surface area contributed by atoms with Crippen LogP contribution in [-0.4, -0.2) is 21.5 Å². The number of rotatable bonds is 6. The molecule has 0 saturated carbocycles. The summed E-state index contributed by atoms with van der Waals surface area (Å²) in [4.78, 5) is 6.72. The minimum atomic E-state index is -0.293. The van der Waals surface area contributed by atoms with Gasteiger partial charge < -0.3 is 14.6 Å². The maximum atomic E-state index is 13.5. The molecule has 29 heavy (non-hydrogen) atoms. The molecule has 0 radical (unpaired) electrons. The first-order valence-electron chi connectivity index (χ1n) is 9.61. The Labute approximate surface area is 183 Å². The van der Waals surface area contributed by atoms with Crippen LogP contribution in [0.5, 0.6) is 0 Å². The Bertz CT molecular complexity index is 1010. The van der Waals surface area contributed by atoms with E-state index in [1.54, 1.807) is 12.3 Å². The van der Waals surface area contributed by atoms with Crippen molar-refractivity contribution in [1.82, 2.24) is 15.2 Å². The smallest absolute Gasteiger partial charge is 0.170 e. The summed E-state index contributed by atoms with van der Waals surface area (Å²) in [5.41, 5.74) is 1.72. The molecule has 2 aromatic heterocycles. The Morgan fingerprint density at radius 1 is 1.24 bits per heavy atom. The van der Waals surface area contributed by atoms with Gasteiger partial charge >= 0.3 is 0 Å².